The summed E-state index contributed by atoms with van der Waals surface area (Å²) in [5.41, 5.74) is 0. The number of quaternary nitrogens is 2. The molecule has 0 saturated heterocycles. The van der Waals surface area contributed by atoms with Crippen molar-refractivity contribution in [3.63, 3.8) is 0 Å². The molecule has 32 heavy (non-hydrogen) atoms. The average molecular weight is 457 g/mol. The molecule has 2 N–H and O–H groups in total. The highest BCUT2D eigenvalue weighted by Crippen LogP contribution is 2.06. The molecule has 0 aromatic carbocycles. The van der Waals surface area contributed by atoms with Gasteiger partial charge in [0.2, 0.25) is 0 Å². The van der Waals surface area contributed by atoms with Gasteiger partial charge in [-0.2, -0.15) is 0 Å². The predicted molar refractivity (Wildman–Crippen MR) is 136 cm³/mol. The Hall–Kier alpha value is -1.14. The van der Waals surface area contributed by atoms with E-state index in [1.54, 1.807) is 0 Å². The van der Waals surface area contributed by atoms with Crippen molar-refractivity contribution >= 4 is 11.8 Å². The second-order valence-corrected chi connectivity index (χ2v) is 10.9. The fraction of sp³-hybridized carbons (Fsp3) is 0.923. The van der Waals surface area contributed by atoms with E-state index in [0.29, 0.717) is 22.1 Å². The van der Waals surface area contributed by atoms with Crippen molar-refractivity contribution in [2.75, 3.05) is 67.5 Å². The van der Waals surface area contributed by atoms with Crippen LogP contribution in [0.25, 0.3) is 0 Å². The molecule has 6 heteroatoms. The number of unbranched alkanes of at least 4 members (excludes halogenated alkanes) is 10. The summed E-state index contributed by atoms with van der Waals surface area (Å²) in [5.74, 6) is 0.260. The minimum absolute atomic E-state index is 0.130. The summed E-state index contributed by atoms with van der Waals surface area (Å²) in [6.45, 7) is 8.72. The van der Waals surface area contributed by atoms with Crippen molar-refractivity contribution in [1.82, 2.24) is 10.6 Å². The van der Waals surface area contributed by atoms with E-state index in [4.69, 9.17) is 0 Å². The lowest BCUT2D eigenvalue weighted by Crippen LogP contribution is -2.56. The number of nitrogens with zero attached hydrogens (tertiary/aromatic N) is 2. The highest BCUT2D eigenvalue weighted by Gasteiger charge is 2.26. The fourth-order valence-electron chi connectivity index (χ4n) is 3.86. The highest BCUT2D eigenvalue weighted by molar-refractivity contribution is 5.77. The van der Waals surface area contributed by atoms with Crippen LogP contribution in [0, 0.1) is 0 Å². The van der Waals surface area contributed by atoms with Gasteiger partial charge in [0.05, 0.1) is 28.2 Å². The van der Waals surface area contributed by atoms with E-state index in [-0.39, 0.29) is 11.8 Å². The van der Waals surface area contributed by atoms with Gasteiger partial charge in [0.15, 0.2) is 13.1 Å². The van der Waals surface area contributed by atoms with Crippen LogP contribution in [0.5, 0.6) is 0 Å². The number of hydrogen-bond donors (Lipinski definition) is 2. The highest BCUT2D eigenvalue weighted by atomic mass is 16.2. The second kappa shape index (κ2) is 18.3. The van der Waals surface area contributed by atoms with Crippen LogP contribution in [-0.2, 0) is 9.59 Å². The molecule has 0 spiro atoms. The number of nitrogens with one attached hydrogen (secondary N) is 2. The molecule has 0 aliphatic rings. The van der Waals surface area contributed by atoms with Crippen molar-refractivity contribution in [1.29, 1.82) is 0 Å². The lowest BCUT2D eigenvalue weighted by molar-refractivity contribution is -0.938. The Kier molecular flexibility index (Phi) is 17.7. The topological polar surface area (TPSA) is 58.2 Å². The van der Waals surface area contributed by atoms with Gasteiger partial charge in [0, 0.05) is 13.1 Å². The third-order valence-corrected chi connectivity index (χ3v) is 6.16. The molecule has 0 aliphatic carbocycles. The van der Waals surface area contributed by atoms with Crippen LogP contribution in [0.2, 0.25) is 0 Å². The third kappa shape index (κ3) is 19.5. The van der Waals surface area contributed by atoms with Crippen LogP contribution < -0.4 is 10.6 Å². The summed E-state index contributed by atoms with van der Waals surface area (Å²) in [7, 11) is 8.40. The van der Waals surface area contributed by atoms with Gasteiger partial charge in [-0.1, -0.05) is 78.1 Å². The number of likely N-dealkylation sites (N-methyl/N-ethyl adjacent to an activating group) is 2. The summed E-state index contributed by atoms with van der Waals surface area (Å²) in [6.07, 6.45) is 14.8. The Labute approximate surface area is 199 Å². The summed E-state index contributed by atoms with van der Waals surface area (Å²) < 4.78 is 1.28. The Morgan fingerprint density at radius 3 is 1.19 bits per heavy atom. The Balaban J connectivity index is 4.00. The van der Waals surface area contributed by atoms with Crippen molar-refractivity contribution in [3.05, 3.63) is 0 Å². The normalized spacial score (nSPS) is 12.1. The van der Waals surface area contributed by atoms with E-state index in [0.717, 1.165) is 39.0 Å². The number of rotatable bonds is 21. The van der Waals surface area contributed by atoms with Gasteiger partial charge in [-0.3, -0.25) is 9.59 Å². The van der Waals surface area contributed by atoms with E-state index in [1.165, 1.54) is 64.2 Å². The van der Waals surface area contributed by atoms with E-state index in [2.05, 4.69) is 52.7 Å². The summed E-state index contributed by atoms with van der Waals surface area (Å²) in [6, 6.07) is 0. The summed E-state index contributed by atoms with van der Waals surface area (Å²) >= 11 is 0. The fourth-order valence-corrected chi connectivity index (χ4v) is 3.86. The zero-order valence-corrected chi connectivity index (χ0v) is 22.4. The van der Waals surface area contributed by atoms with Gasteiger partial charge >= 0.3 is 0 Å². The van der Waals surface area contributed by atoms with Crippen LogP contribution in [0.4, 0.5) is 0 Å². The lowest BCUT2D eigenvalue weighted by atomic mass is 10.1. The third-order valence-electron chi connectivity index (χ3n) is 6.16. The molecule has 0 unspecified atom stereocenters. The molecule has 0 saturated carbocycles. The lowest BCUT2D eigenvalue weighted by Gasteiger charge is -2.34. The molecule has 0 bridgehead atoms. The molecule has 0 aromatic heterocycles. The van der Waals surface area contributed by atoms with Gasteiger partial charge in [0.1, 0.15) is 13.1 Å². The minimum Gasteiger partial charge on any atom is -0.351 e. The molecular formula is C26H56N4O2+2. The molecule has 0 aromatic rings. The maximum atomic E-state index is 12.3. The molecule has 0 atom stereocenters. The molecule has 0 rings (SSSR count). The van der Waals surface area contributed by atoms with E-state index >= 15 is 0 Å². The average Bonchev–Trinajstić information content (AvgIpc) is 2.70. The van der Waals surface area contributed by atoms with E-state index in [9.17, 15) is 9.59 Å². The van der Waals surface area contributed by atoms with Gasteiger partial charge in [-0.05, 0) is 12.8 Å². The quantitative estimate of drug-likeness (QED) is 0.202. The van der Waals surface area contributed by atoms with Crippen LogP contribution in [-0.4, -0.2) is 88.2 Å². The molecule has 0 heterocycles. The molecular weight excluding hydrogens is 400 g/mol. The maximum Gasteiger partial charge on any atom is 0.275 e. The standard InChI is InChI=1S/C26H54N4O2/c1-7-9-11-13-15-17-19-27-25(31)23-29(3,4)21-22-30(5,6)24-26(32)28-20-18-16-14-12-10-8-2/h7-24H2,1-6H3/p+2. The van der Waals surface area contributed by atoms with Crippen molar-refractivity contribution in [2.24, 2.45) is 0 Å². The number of hydrogen-bond acceptors (Lipinski definition) is 2. The smallest absolute Gasteiger partial charge is 0.275 e. The Morgan fingerprint density at radius 1 is 0.531 bits per heavy atom. The largest absolute Gasteiger partial charge is 0.351 e. The zero-order valence-electron chi connectivity index (χ0n) is 22.4. The first-order valence-electron chi connectivity index (χ1n) is 13.3. The van der Waals surface area contributed by atoms with Gasteiger partial charge in [-0.25, -0.2) is 0 Å². The van der Waals surface area contributed by atoms with Gasteiger partial charge in [0.25, 0.3) is 11.8 Å². The number of carbonyl (C=O) groups excluding carboxylic acids is 2. The molecule has 0 aliphatic heterocycles. The summed E-state index contributed by atoms with van der Waals surface area (Å²) in [4.78, 5) is 24.7. The second-order valence-electron chi connectivity index (χ2n) is 10.9. The van der Waals surface area contributed by atoms with Crippen molar-refractivity contribution in [3.8, 4) is 0 Å². The van der Waals surface area contributed by atoms with Crippen LogP contribution in [0.15, 0.2) is 0 Å². The number of amides is 2. The first-order chi connectivity index (χ1) is 15.1. The van der Waals surface area contributed by atoms with Crippen LogP contribution in [0.3, 0.4) is 0 Å². The SMILES string of the molecule is CCCCCCCCNC(=O)C[N+](C)(C)CC[N+](C)(C)CC(=O)NCCCCCCCC. The number of carbonyl (C=O) groups is 2. The monoisotopic (exact) mass is 456 g/mol. The maximum absolute atomic E-state index is 12.3. The van der Waals surface area contributed by atoms with E-state index in [1.807, 2.05) is 0 Å². The van der Waals surface area contributed by atoms with Gasteiger partial charge in [-0.15, -0.1) is 0 Å². The zero-order chi connectivity index (χ0) is 24.3. The Morgan fingerprint density at radius 2 is 0.844 bits per heavy atom. The first-order valence-corrected chi connectivity index (χ1v) is 13.3. The van der Waals surface area contributed by atoms with Crippen LogP contribution in [0.1, 0.15) is 90.9 Å². The minimum atomic E-state index is 0.130. The Bertz CT molecular complexity index is 448. The molecule has 6 nitrogen and oxygen atoms in total. The first kappa shape index (κ1) is 30.9. The summed E-state index contributed by atoms with van der Waals surface area (Å²) in [5, 5.41) is 6.16. The van der Waals surface area contributed by atoms with Crippen molar-refractivity contribution in [2.45, 2.75) is 90.9 Å². The van der Waals surface area contributed by atoms with E-state index < -0.39 is 0 Å². The molecule has 0 fully saturated rings. The van der Waals surface area contributed by atoms with Crippen molar-refractivity contribution < 1.29 is 18.6 Å². The predicted octanol–water partition coefficient (Wildman–Crippen LogP) is 4.09. The van der Waals surface area contributed by atoms with Crippen LogP contribution >= 0.6 is 0 Å². The van der Waals surface area contributed by atoms with Gasteiger partial charge < -0.3 is 19.6 Å². The molecule has 190 valence electrons. The molecule has 0 radical (unpaired) electrons. The molecule has 2 amide bonds.